The Morgan fingerprint density at radius 2 is 1.76 bits per heavy atom. The van der Waals surface area contributed by atoms with Gasteiger partial charge in [-0.05, 0) is 67.3 Å². The zero-order chi connectivity index (χ0) is 34.4. The van der Waals surface area contributed by atoms with Crippen LogP contribution in [0.25, 0.3) is 5.70 Å². The van der Waals surface area contributed by atoms with Crippen molar-refractivity contribution in [1.82, 2.24) is 24.9 Å². The molecule has 1 fully saturated rings. The third kappa shape index (κ3) is 5.94. The molecule has 0 bridgehead atoms. The number of hydrogen-bond donors (Lipinski definition) is 2. The number of nitrogens with one attached hydrogen (secondary N) is 1. The van der Waals surface area contributed by atoms with Gasteiger partial charge < -0.3 is 29.5 Å². The van der Waals surface area contributed by atoms with Gasteiger partial charge in [-0.25, -0.2) is 0 Å². The Morgan fingerprint density at radius 1 is 1.02 bits per heavy atom. The molecule has 50 heavy (non-hydrogen) atoms. The summed E-state index contributed by atoms with van der Waals surface area (Å²) >= 11 is 0. The van der Waals surface area contributed by atoms with Crippen LogP contribution in [-0.4, -0.2) is 87.7 Å². The first kappa shape index (κ1) is 31.9. The number of phenolic OH excluding ortho intramolecular Hbond substituents is 1. The summed E-state index contributed by atoms with van der Waals surface area (Å²) in [7, 11) is 1.79. The maximum Gasteiger partial charge on any atom is 0.257 e. The van der Waals surface area contributed by atoms with Crippen LogP contribution in [0.3, 0.4) is 0 Å². The highest BCUT2D eigenvalue weighted by atomic mass is 16.7. The number of nitrogens with zero attached hydrogens (tertiary/aromatic N) is 5. The van der Waals surface area contributed by atoms with Gasteiger partial charge in [0, 0.05) is 62.4 Å². The predicted octanol–water partition coefficient (Wildman–Crippen LogP) is 4.21. The van der Waals surface area contributed by atoms with E-state index in [1.165, 1.54) is 5.56 Å². The SMILES string of the molecule is Cn1cc(N(C(=O)C2(C)CC=C(c3cc4c(cc3C(=O)N3Cc5ccccc5C[C@H]3CN3CCOCC3)OCO4)N2)c2ccc(O)cc2)cn1. The summed E-state index contributed by atoms with van der Waals surface area (Å²) in [5.74, 6) is 0.857. The third-order valence-electron chi connectivity index (χ3n) is 10.1. The van der Waals surface area contributed by atoms with Gasteiger partial charge in [0.25, 0.3) is 11.8 Å². The molecular formula is C38H40N6O6. The maximum atomic E-state index is 14.9. The van der Waals surface area contributed by atoms with Gasteiger partial charge in [0.1, 0.15) is 11.3 Å². The minimum atomic E-state index is -1.07. The monoisotopic (exact) mass is 676 g/mol. The Balaban J connectivity index is 1.12. The standard InChI is InChI=1S/C38H40N6O6/c1-38(37(47)44(29-20-39-41(2)22-29)27-7-9-30(45)10-8-27)12-11-33(40-38)31-18-34-35(50-24-49-34)19-32(31)36(46)43-21-26-6-4-3-5-25(26)17-28(43)23-42-13-15-48-16-14-42/h3-11,18-20,22,28,40,45H,12-17,21,23-24H2,1-2H3/t28-,38?/m0/s1. The van der Waals surface area contributed by atoms with E-state index >= 15 is 0 Å². The van der Waals surface area contributed by atoms with Crippen molar-refractivity contribution in [2.24, 2.45) is 7.05 Å². The summed E-state index contributed by atoms with van der Waals surface area (Å²) in [6.45, 7) is 6.21. The van der Waals surface area contributed by atoms with Crippen LogP contribution >= 0.6 is 0 Å². The average molecular weight is 677 g/mol. The van der Waals surface area contributed by atoms with Crippen molar-refractivity contribution in [3.05, 3.63) is 101 Å². The molecule has 1 aromatic heterocycles. The van der Waals surface area contributed by atoms with Crippen molar-refractivity contribution in [1.29, 1.82) is 0 Å². The number of ether oxygens (including phenoxy) is 3. The summed E-state index contributed by atoms with van der Waals surface area (Å²) in [6.07, 6.45) is 6.51. The molecule has 4 aliphatic rings. The molecule has 2 amide bonds. The number of anilines is 2. The molecule has 0 saturated carbocycles. The number of aromatic hydroxyl groups is 1. The van der Waals surface area contributed by atoms with Gasteiger partial charge in [0.2, 0.25) is 6.79 Å². The largest absolute Gasteiger partial charge is 0.508 e. The number of aryl methyl sites for hydroxylation is 1. The molecule has 5 heterocycles. The van der Waals surface area contributed by atoms with Crippen LogP contribution in [0.1, 0.15) is 40.4 Å². The molecule has 12 nitrogen and oxygen atoms in total. The fraction of sp³-hybridized carbons (Fsp3) is 0.342. The Labute approximate surface area is 290 Å². The molecule has 0 radical (unpaired) electrons. The van der Waals surface area contributed by atoms with E-state index in [1.807, 2.05) is 30.0 Å². The van der Waals surface area contributed by atoms with Gasteiger partial charge in [0.05, 0.1) is 30.7 Å². The predicted molar refractivity (Wildman–Crippen MR) is 186 cm³/mol. The van der Waals surface area contributed by atoms with Crippen molar-refractivity contribution in [2.75, 3.05) is 44.5 Å². The molecule has 3 aromatic carbocycles. The van der Waals surface area contributed by atoms with Crippen molar-refractivity contribution >= 4 is 28.9 Å². The number of aromatic nitrogens is 2. The zero-order valence-electron chi connectivity index (χ0n) is 28.2. The van der Waals surface area contributed by atoms with Crippen LogP contribution in [-0.2, 0) is 29.5 Å². The number of morpholine rings is 1. The van der Waals surface area contributed by atoms with E-state index in [-0.39, 0.29) is 30.4 Å². The van der Waals surface area contributed by atoms with Crippen molar-refractivity contribution in [3.8, 4) is 17.2 Å². The second-order valence-electron chi connectivity index (χ2n) is 13.5. The Morgan fingerprint density at radius 3 is 2.50 bits per heavy atom. The topological polar surface area (TPSA) is 122 Å². The van der Waals surface area contributed by atoms with E-state index in [4.69, 9.17) is 14.2 Å². The highest BCUT2D eigenvalue weighted by molar-refractivity contribution is 6.08. The number of fused-ring (bicyclic) bond motifs is 2. The first-order valence-electron chi connectivity index (χ1n) is 17.0. The highest BCUT2D eigenvalue weighted by Gasteiger charge is 2.43. The molecular weight excluding hydrogens is 636 g/mol. The number of carbonyl (C=O) groups is 2. The number of rotatable bonds is 7. The zero-order valence-corrected chi connectivity index (χ0v) is 28.2. The summed E-state index contributed by atoms with van der Waals surface area (Å²) in [5, 5.41) is 17.8. The van der Waals surface area contributed by atoms with Crippen molar-refractivity contribution in [3.63, 3.8) is 0 Å². The minimum absolute atomic E-state index is 0.0375. The summed E-state index contributed by atoms with van der Waals surface area (Å²) < 4.78 is 18.8. The third-order valence-corrected chi connectivity index (χ3v) is 10.1. The molecule has 1 saturated heterocycles. The fourth-order valence-electron chi connectivity index (χ4n) is 7.35. The van der Waals surface area contributed by atoms with Gasteiger partial charge in [-0.1, -0.05) is 30.3 Å². The number of benzene rings is 3. The Kier molecular flexibility index (Phi) is 8.20. The van der Waals surface area contributed by atoms with Crippen molar-refractivity contribution < 1.29 is 28.9 Å². The summed E-state index contributed by atoms with van der Waals surface area (Å²) in [4.78, 5) is 35.4. The lowest BCUT2D eigenvalue weighted by molar-refractivity contribution is -0.122. The van der Waals surface area contributed by atoms with E-state index in [1.54, 1.807) is 59.4 Å². The summed E-state index contributed by atoms with van der Waals surface area (Å²) in [6, 6.07) is 18.4. The second-order valence-corrected chi connectivity index (χ2v) is 13.5. The van der Waals surface area contributed by atoms with E-state index in [0.717, 1.165) is 31.6 Å². The van der Waals surface area contributed by atoms with Crippen LogP contribution < -0.4 is 19.7 Å². The first-order chi connectivity index (χ1) is 24.3. The lowest BCUT2D eigenvalue weighted by Gasteiger charge is -2.40. The maximum absolute atomic E-state index is 14.9. The van der Waals surface area contributed by atoms with Gasteiger partial charge in [0.15, 0.2) is 11.5 Å². The van der Waals surface area contributed by atoms with Crippen LogP contribution in [0, 0.1) is 0 Å². The molecule has 0 aliphatic carbocycles. The van der Waals surface area contributed by atoms with Gasteiger partial charge in [-0.15, -0.1) is 0 Å². The Hall–Kier alpha value is -5.33. The molecule has 1 unspecified atom stereocenters. The van der Waals surface area contributed by atoms with E-state index < -0.39 is 5.54 Å². The molecule has 258 valence electrons. The van der Waals surface area contributed by atoms with E-state index in [9.17, 15) is 14.7 Å². The fourth-order valence-corrected chi connectivity index (χ4v) is 7.35. The van der Waals surface area contributed by atoms with Crippen LogP contribution in [0.5, 0.6) is 17.2 Å². The molecule has 8 rings (SSSR count). The molecule has 4 aliphatic heterocycles. The smallest absolute Gasteiger partial charge is 0.257 e. The number of hydrogen-bond acceptors (Lipinski definition) is 9. The van der Waals surface area contributed by atoms with Crippen LogP contribution in [0.4, 0.5) is 11.4 Å². The second kappa shape index (κ2) is 12.8. The molecule has 0 spiro atoms. The first-order valence-corrected chi connectivity index (χ1v) is 17.0. The van der Waals surface area contributed by atoms with Crippen molar-refractivity contribution in [2.45, 2.75) is 37.9 Å². The van der Waals surface area contributed by atoms with E-state index in [0.29, 0.717) is 65.9 Å². The Bertz CT molecular complexity index is 1970. The molecule has 2 atom stereocenters. The number of carbonyl (C=O) groups excluding carboxylic acids is 2. The molecule has 4 aromatic rings. The van der Waals surface area contributed by atoms with Crippen LogP contribution in [0.15, 0.2) is 79.1 Å². The van der Waals surface area contributed by atoms with Gasteiger partial charge in [-0.2, -0.15) is 5.10 Å². The van der Waals surface area contributed by atoms with Gasteiger partial charge in [-0.3, -0.25) is 24.1 Å². The van der Waals surface area contributed by atoms with Gasteiger partial charge >= 0.3 is 0 Å². The number of amides is 2. The summed E-state index contributed by atoms with van der Waals surface area (Å²) in [5.41, 5.74) is 4.33. The average Bonchev–Trinajstić information content (AvgIpc) is 3.88. The van der Waals surface area contributed by atoms with Crippen LogP contribution in [0.2, 0.25) is 0 Å². The lowest BCUT2D eigenvalue weighted by Crippen LogP contribution is -2.52. The lowest BCUT2D eigenvalue weighted by atomic mass is 9.92. The number of phenols is 1. The van der Waals surface area contributed by atoms with E-state index in [2.05, 4.69) is 33.5 Å². The minimum Gasteiger partial charge on any atom is -0.508 e. The normalized spacial score (nSPS) is 21.4. The molecule has 12 heteroatoms. The quantitative estimate of drug-likeness (QED) is 0.297. The molecule has 2 N–H and O–H groups in total. The highest BCUT2D eigenvalue weighted by Crippen LogP contribution is 2.41.